The summed E-state index contributed by atoms with van der Waals surface area (Å²) in [6, 6.07) is -0.0628. The number of carbonyl (C=O) groups excluding carboxylic acids is 1. The Hall–Kier alpha value is -1.40. The maximum Gasteiger partial charge on any atom is 0.273 e. The number of amides is 1. The number of rotatable bonds is 6. The number of ether oxygens (including phenoxy) is 1. The van der Waals surface area contributed by atoms with Crippen LogP contribution in [0.15, 0.2) is 10.7 Å². The zero-order valence-electron chi connectivity index (χ0n) is 9.53. The molecule has 0 spiro atoms. The monoisotopic (exact) mass is 227 g/mol. The molecular weight excluding hydrogens is 210 g/mol. The molecule has 1 atom stereocenters. The molecule has 1 aromatic rings. The standard InChI is InChI=1S/C10H17N3O3/c1-7(5-15-2)12-10(14)8-6-16-9(13-8)3-4-11/h6-7H,3-5,11H2,1-2H3,(H,12,14). The van der Waals surface area contributed by atoms with Crippen LogP contribution in [0.25, 0.3) is 0 Å². The number of aromatic nitrogens is 1. The van der Waals surface area contributed by atoms with Crippen molar-refractivity contribution in [1.29, 1.82) is 0 Å². The highest BCUT2D eigenvalue weighted by atomic mass is 16.5. The lowest BCUT2D eigenvalue weighted by atomic mass is 10.3. The number of oxazole rings is 1. The van der Waals surface area contributed by atoms with Crippen LogP contribution in [-0.4, -0.2) is 37.2 Å². The van der Waals surface area contributed by atoms with Crippen LogP contribution < -0.4 is 11.1 Å². The third-order valence-corrected chi connectivity index (χ3v) is 1.94. The summed E-state index contributed by atoms with van der Waals surface area (Å²) in [6.45, 7) is 2.75. The van der Waals surface area contributed by atoms with Gasteiger partial charge < -0.3 is 20.2 Å². The Morgan fingerprint density at radius 1 is 1.75 bits per heavy atom. The lowest BCUT2D eigenvalue weighted by Gasteiger charge is -2.10. The number of hydrogen-bond acceptors (Lipinski definition) is 5. The maximum atomic E-state index is 11.6. The molecule has 1 amide bonds. The molecule has 90 valence electrons. The Morgan fingerprint density at radius 2 is 2.50 bits per heavy atom. The molecule has 0 aliphatic rings. The number of carbonyl (C=O) groups is 1. The molecule has 16 heavy (non-hydrogen) atoms. The van der Waals surface area contributed by atoms with E-state index in [1.807, 2.05) is 6.92 Å². The van der Waals surface area contributed by atoms with E-state index in [1.54, 1.807) is 7.11 Å². The molecule has 0 saturated carbocycles. The largest absolute Gasteiger partial charge is 0.448 e. The van der Waals surface area contributed by atoms with Gasteiger partial charge in [-0.05, 0) is 6.92 Å². The summed E-state index contributed by atoms with van der Waals surface area (Å²) in [6.07, 6.45) is 1.86. The van der Waals surface area contributed by atoms with Crippen LogP contribution in [0, 0.1) is 0 Å². The van der Waals surface area contributed by atoms with Crippen LogP contribution in [0.3, 0.4) is 0 Å². The van der Waals surface area contributed by atoms with E-state index in [-0.39, 0.29) is 17.6 Å². The highest BCUT2D eigenvalue weighted by molar-refractivity contribution is 5.92. The fourth-order valence-electron chi connectivity index (χ4n) is 1.24. The smallest absolute Gasteiger partial charge is 0.273 e. The quantitative estimate of drug-likeness (QED) is 0.710. The van der Waals surface area contributed by atoms with Crippen molar-refractivity contribution < 1.29 is 13.9 Å². The summed E-state index contributed by atoms with van der Waals surface area (Å²) in [7, 11) is 1.58. The number of nitrogens with zero attached hydrogens (tertiary/aromatic N) is 1. The summed E-state index contributed by atoms with van der Waals surface area (Å²) >= 11 is 0. The molecule has 0 fully saturated rings. The molecule has 1 rings (SSSR count). The van der Waals surface area contributed by atoms with E-state index < -0.39 is 0 Å². The Labute approximate surface area is 94.2 Å². The van der Waals surface area contributed by atoms with Crippen LogP contribution in [-0.2, 0) is 11.2 Å². The average molecular weight is 227 g/mol. The van der Waals surface area contributed by atoms with Gasteiger partial charge in [-0.3, -0.25) is 4.79 Å². The van der Waals surface area contributed by atoms with Gasteiger partial charge >= 0.3 is 0 Å². The Bertz CT molecular complexity index is 338. The molecule has 0 bridgehead atoms. The van der Waals surface area contributed by atoms with E-state index in [1.165, 1.54) is 6.26 Å². The third-order valence-electron chi connectivity index (χ3n) is 1.94. The van der Waals surface area contributed by atoms with Gasteiger partial charge in [-0.2, -0.15) is 0 Å². The van der Waals surface area contributed by atoms with Gasteiger partial charge in [0.1, 0.15) is 6.26 Å². The molecule has 1 heterocycles. The highest BCUT2D eigenvalue weighted by Gasteiger charge is 2.13. The van der Waals surface area contributed by atoms with Gasteiger partial charge in [0.05, 0.1) is 6.61 Å². The van der Waals surface area contributed by atoms with Crippen molar-refractivity contribution in [2.45, 2.75) is 19.4 Å². The van der Waals surface area contributed by atoms with Gasteiger partial charge in [-0.1, -0.05) is 0 Å². The molecule has 1 unspecified atom stereocenters. The molecule has 6 heteroatoms. The fourth-order valence-corrected chi connectivity index (χ4v) is 1.24. The first-order valence-electron chi connectivity index (χ1n) is 5.11. The van der Waals surface area contributed by atoms with E-state index in [2.05, 4.69) is 10.3 Å². The van der Waals surface area contributed by atoms with E-state index in [9.17, 15) is 4.79 Å². The van der Waals surface area contributed by atoms with Gasteiger partial charge in [-0.15, -0.1) is 0 Å². The first-order valence-corrected chi connectivity index (χ1v) is 5.11. The van der Waals surface area contributed by atoms with Crippen LogP contribution in [0.5, 0.6) is 0 Å². The van der Waals surface area contributed by atoms with Gasteiger partial charge in [0, 0.05) is 26.1 Å². The summed E-state index contributed by atoms with van der Waals surface area (Å²) in [5.74, 6) is 0.212. The van der Waals surface area contributed by atoms with E-state index in [0.717, 1.165) is 0 Å². The summed E-state index contributed by atoms with van der Waals surface area (Å²) in [5, 5.41) is 2.73. The van der Waals surface area contributed by atoms with Crippen LogP contribution >= 0.6 is 0 Å². The minimum absolute atomic E-state index is 0.0628. The minimum atomic E-state index is -0.267. The normalized spacial score (nSPS) is 12.4. The van der Waals surface area contributed by atoms with Crippen molar-refractivity contribution in [3.05, 3.63) is 17.8 Å². The van der Waals surface area contributed by atoms with Crippen molar-refractivity contribution >= 4 is 5.91 Å². The third kappa shape index (κ3) is 3.63. The van der Waals surface area contributed by atoms with E-state index in [0.29, 0.717) is 25.5 Å². The Morgan fingerprint density at radius 3 is 3.12 bits per heavy atom. The molecule has 3 N–H and O–H groups in total. The second kappa shape index (κ2) is 6.24. The molecule has 0 aromatic carbocycles. The van der Waals surface area contributed by atoms with Gasteiger partial charge in [0.2, 0.25) is 0 Å². The topological polar surface area (TPSA) is 90.4 Å². The molecule has 0 saturated heterocycles. The lowest BCUT2D eigenvalue weighted by molar-refractivity contribution is 0.0900. The second-order valence-electron chi connectivity index (χ2n) is 3.50. The first-order chi connectivity index (χ1) is 7.67. The maximum absolute atomic E-state index is 11.6. The SMILES string of the molecule is COCC(C)NC(=O)c1coc(CCN)n1. The van der Waals surface area contributed by atoms with E-state index >= 15 is 0 Å². The van der Waals surface area contributed by atoms with Crippen molar-refractivity contribution in [2.75, 3.05) is 20.3 Å². The van der Waals surface area contributed by atoms with Crippen molar-refractivity contribution in [1.82, 2.24) is 10.3 Å². The second-order valence-corrected chi connectivity index (χ2v) is 3.50. The van der Waals surface area contributed by atoms with Gasteiger partial charge in [0.15, 0.2) is 11.6 Å². The minimum Gasteiger partial charge on any atom is -0.448 e. The predicted molar refractivity (Wildman–Crippen MR) is 58.1 cm³/mol. The molecular formula is C10H17N3O3. The Balaban J connectivity index is 2.52. The highest BCUT2D eigenvalue weighted by Crippen LogP contribution is 2.02. The predicted octanol–water partition coefficient (Wildman–Crippen LogP) is -0.0595. The molecule has 1 aromatic heterocycles. The first kappa shape index (κ1) is 12.7. The van der Waals surface area contributed by atoms with Gasteiger partial charge in [0.25, 0.3) is 5.91 Å². The zero-order valence-corrected chi connectivity index (χ0v) is 9.53. The van der Waals surface area contributed by atoms with Crippen LogP contribution in [0.2, 0.25) is 0 Å². The fraction of sp³-hybridized carbons (Fsp3) is 0.600. The molecule has 0 aliphatic carbocycles. The van der Waals surface area contributed by atoms with Gasteiger partial charge in [-0.25, -0.2) is 4.98 Å². The van der Waals surface area contributed by atoms with E-state index in [4.69, 9.17) is 14.9 Å². The van der Waals surface area contributed by atoms with Crippen molar-refractivity contribution in [3.8, 4) is 0 Å². The molecule has 6 nitrogen and oxygen atoms in total. The van der Waals surface area contributed by atoms with Crippen LogP contribution in [0.4, 0.5) is 0 Å². The van der Waals surface area contributed by atoms with Crippen molar-refractivity contribution in [2.24, 2.45) is 5.73 Å². The zero-order chi connectivity index (χ0) is 12.0. The van der Waals surface area contributed by atoms with Crippen molar-refractivity contribution in [3.63, 3.8) is 0 Å². The number of hydrogen-bond donors (Lipinski definition) is 2. The molecule has 0 radical (unpaired) electrons. The average Bonchev–Trinajstić information content (AvgIpc) is 2.67. The summed E-state index contributed by atoms with van der Waals surface area (Å²) < 4.78 is 9.99. The lowest BCUT2D eigenvalue weighted by Crippen LogP contribution is -2.35. The summed E-state index contributed by atoms with van der Waals surface area (Å²) in [4.78, 5) is 15.6. The molecule has 0 aliphatic heterocycles. The number of methoxy groups -OCH3 is 1. The Kier molecular flexibility index (Phi) is 4.94. The van der Waals surface area contributed by atoms with Crippen LogP contribution in [0.1, 0.15) is 23.3 Å². The summed E-state index contributed by atoms with van der Waals surface area (Å²) in [5.41, 5.74) is 5.62. The number of nitrogens with one attached hydrogen (secondary N) is 1. The number of nitrogens with two attached hydrogens (primary N) is 1.